The maximum Gasteiger partial charge on any atom is 0.237 e. The maximum atomic E-state index is 12.9. The Morgan fingerprint density at radius 2 is 1.45 bits per heavy atom. The van der Waals surface area contributed by atoms with Crippen molar-refractivity contribution in [2.45, 2.75) is 51.7 Å². The predicted molar refractivity (Wildman–Crippen MR) is 120 cm³/mol. The summed E-state index contributed by atoms with van der Waals surface area (Å²) in [5, 5.41) is 5.40. The molecule has 0 spiro atoms. The van der Waals surface area contributed by atoms with Crippen molar-refractivity contribution in [3.8, 4) is 0 Å². The summed E-state index contributed by atoms with van der Waals surface area (Å²) >= 11 is 1.26. The minimum atomic E-state index is -0.394. The van der Waals surface area contributed by atoms with Crippen molar-refractivity contribution in [1.82, 2.24) is 0 Å². The summed E-state index contributed by atoms with van der Waals surface area (Å²) < 4.78 is 12.9. The zero-order valence-electron chi connectivity index (χ0n) is 17.6. The number of rotatable bonds is 8. The number of nitrogens with one attached hydrogen (secondary N) is 2. The Morgan fingerprint density at radius 3 is 1.97 bits per heavy atom. The second-order valence-electron chi connectivity index (χ2n) is 7.62. The summed E-state index contributed by atoms with van der Waals surface area (Å²) in [4.78, 5) is 24.9. The first-order chi connectivity index (χ1) is 13.7. The third-order valence-electron chi connectivity index (χ3n) is 4.58. The third kappa shape index (κ3) is 6.60. The van der Waals surface area contributed by atoms with Crippen LogP contribution in [0.25, 0.3) is 0 Å². The molecular formula is C23H29FN2O2S. The first-order valence-electron chi connectivity index (χ1n) is 9.79. The number of carbonyl (C=O) groups is 2. The topological polar surface area (TPSA) is 58.2 Å². The number of benzene rings is 2. The molecule has 0 radical (unpaired) electrons. The molecule has 29 heavy (non-hydrogen) atoms. The van der Waals surface area contributed by atoms with Crippen LogP contribution in [-0.2, 0) is 9.59 Å². The molecule has 0 bridgehead atoms. The molecule has 0 aromatic heterocycles. The van der Waals surface area contributed by atoms with E-state index in [-0.39, 0.29) is 35.2 Å². The molecule has 2 N–H and O–H groups in total. The lowest BCUT2D eigenvalue weighted by Crippen LogP contribution is -2.26. The van der Waals surface area contributed by atoms with Gasteiger partial charge in [-0.1, -0.05) is 45.9 Å². The van der Waals surface area contributed by atoms with Crippen LogP contribution in [-0.4, -0.2) is 22.8 Å². The van der Waals surface area contributed by atoms with E-state index in [2.05, 4.69) is 38.3 Å². The zero-order valence-corrected chi connectivity index (χ0v) is 18.4. The van der Waals surface area contributed by atoms with Crippen LogP contribution in [0.3, 0.4) is 0 Å². The van der Waals surface area contributed by atoms with Crippen molar-refractivity contribution in [2.75, 3.05) is 16.4 Å². The molecule has 0 aliphatic rings. The summed E-state index contributed by atoms with van der Waals surface area (Å²) in [6.07, 6.45) is 0. The lowest BCUT2D eigenvalue weighted by Gasteiger charge is -2.21. The SMILES string of the molecule is CC(SCC(=O)Nc1ccc(F)cc1)C(=O)Nc1c(C(C)C)cccc1C(C)C. The van der Waals surface area contributed by atoms with Gasteiger partial charge in [0.15, 0.2) is 0 Å². The van der Waals surface area contributed by atoms with Gasteiger partial charge in [0.1, 0.15) is 5.82 Å². The van der Waals surface area contributed by atoms with Crippen molar-refractivity contribution < 1.29 is 14.0 Å². The average Bonchev–Trinajstić information content (AvgIpc) is 2.67. The van der Waals surface area contributed by atoms with Crippen LogP contribution < -0.4 is 10.6 Å². The highest BCUT2D eigenvalue weighted by atomic mass is 32.2. The molecule has 2 aromatic carbocycles. The fraction of sp³-hybridized carbons (Fsp3) is 0.391. The number of amides is 2. The van der Waals surface area contributed by atoms with Gasteiger partial charge in [-0.2, -0.15) is 0 Å². The molecule has 0 aliphatic heterocycles. The van der Waals surface area contributed by atoms with Gasteiger partial charge >= 0.3 is 0 Å². The quantitative estimate of drug-likeness (QED) is 0.574. The molecule has 6 heteroatoms. The van der Waals surface area contributed by atoms with Crippen LogP contribution >= 0.6 is 11.8 Å². The number of hydrogen-bond donors (Lipinski definition) is 2. The van der Waals surface area contributed by atoms with Crippen molar-refractivity contribution in [3.05, 3.63) is 59.4 Å². The van der Waals surface area contributed by atoms with Gasteiger partial charge in [0.05, 0.1) is 11.0 Å². The van der Waals surface area contributed by atoms with Crippen molar-refractivity contribution in [3.63, 3.8) is 0 Å². The lowest BCUT2D eigenvalue weighted by molar-refractivity contribution is -0.115. The van der Waals surface area contributed by atoms with Crippen LogP contribution in [0, 0.1) is 5.82 Å². The Labute approximate surface area is 176 Å². The summed E-state index contributed by atoms with van der Waals surface area (Å²) in [6.45, 7) is 10.2. The zero-order chi connectivity index (χ0) is 21.6. The van der Waals surface area contributed by atoms with E-state index < -0.39 is 5.25 Å². The fourth-order valence-corrected chi connectivity index (χ4v) is 3.61. The predicted octanol–water partition coefficient (Wildman–Crippen LogP) is 5.77. The van der Waals surface area contributed by atoms with E-state index in [1.807, 2.05) is 18.2 Å². The van der Waals surface area contributed by atoms with Gasteiger partial charge in [-0.25, -0.2) is 4.39 Å². The van der Waals surface area contributed by atoms with Gasteiger partial charge in [-0.05, 0) is 54.2 Å². The van der Waals surface area contributed by atoms with E-state index in [0.29, 0.717) is 5.69 Å². The standard InChI is InChI=1S/C23H29FN2O2S/c1-14(2)19-7-6-8-20(15(3)4)22(19)26-23(28)16(5)29-13-21(27)25-18-11-9-17(24)10-12-18/h6-12,14-16H,13H2,1-5H3,(H,25,27)(H,26,28). The maximum absolute atomic E-state index is 12.9. The lowest BCUT2D eigenvalue weighted by atomic mass is 9.92. The number of para-hydroxylation sites is 1. The second kappa shape index (κ2) is 10.4. The molecule has 156 valence electrons. The highest BCUT2D eigenvalue weighted by Crippen LogP contribution is 2.32. The Morgan fingerprint density at radius 1 is 0.897 bits per heavy atom. The highest BCUT2D eigenvalue weighted by molar-refractivity contribution is 8.01. The van der Waals surface area contributed by atoms with Gasteiger partial charge < -0.3 is 10.6 Å². The Balaban J connectivity index is 1.98. The van der Waals surface area contributed by atoms with E-state index in [9.17, 15) is 14.0 Å². The van der Waals surface area contributed by atoms with Crippen LogP contribution in [0.4, 0.5) is 15.8 Å². The summed E-state index contributed by atoms with van der Waals surface area (Å²) in [7, 11) is 0. The molecule has 0 saturated heterocycles. The van der Waals surface area contributed by atoms with Crippen LogP contribution in [0.2, 0.25) is 0 Å². The second-order valence-corrected chi connectivity index (χ2v) is 8.95. The molecule has 2 aromatic rings. The van der Waals surface area contributed by atoms with E-state index in [4.69, 9.17) is 0 Å². The minimum Gasteiger partial charge on any atom is -0.325 e. The molecule has 4 nitrogen and oxygen atoms in total. The molecule has 2 amide bonds. The first kappa shape index (κ1) is 22.9. The van der Waals surface area contributed by atoms with E-state index >= 15 is 0 Å². The summed E-state index contributed by atoms with van der Waals surface area (Å²) in [6, 6.07) is 11.7. The Kier molecular flexibility index (Phi) is 8.26. The number of thioether (sulfide) groups is 1. The Bertz CT molecular complexity index is 824. The number of halogens is 1. The van der Waals surface area contributed by atoms with Crippen LogP contribution in [0.15, 0.2) is 42.5 Å². The van der Waals surface area contributed by atoms with E-state index in [1.165, 1.54) is 36.0 Å². The summed E-state index contributed by atoms with van der Waals surface area (Å²) in [5.74, 6) is -0.00671. The largest absolute Gasteiger partial charge is 0.325 e. The molecule has 0 heterocycles. The van der Waals surface area contributed by atoms with Crippen LogP contribution in [0.1, 0.15) is 57.6 Å². The van der Waals surface area contributed by atoms with Crippen molar-refractivity contribution in [2.24, 2.45) is 0 Å². The smallest absolute Gasteiger partial charge is 0.237 e. The monoisotopic (exact) mass is 416 g/mol. The molecule has 1 atom stereocenters. The van der Waals surface area contributed by atoms with Crippen molar-refractivity contribution >= 4 is 35.0 Å². The van der Waals surface area contributed by atoms with Gasteiger partial charge in [-0.15, -0.1) is 11.8 Å². The fourth-order valence-electron chi connectivity index (χ4n) is 2.93. The van der Waals surface area contributed by atoms with E-state index in [1.54, 1.807) is 6.92 Å². The normalized spacial score (nSPS) is 12.1. The van der Waals surface area contributed by atoms with Crippen LogP contribution in [0.5, 0.6) is 0 Å². The van der Waals surface area contributed by atoms with Gasteiger partial charge in [0.2, 0.25) is 11.8 Å². The van der Waals surface area contributed by atoms with E-state index in [0.717, 1.165) is 16.8 Å². The average molecular weight is 417 g/mol. The van der Waals surface area contributed by atoms with Gasteiger partial charge in [0.25, 0.3) is 0 Å². The number of hydrogen-bond acceptors (Lipinski definition) is 3. The van der Waals surface area contributed by atoms with Crippen molar-refractivity contribution in [1.29, 1.82) is 0 Å². The molecule has 0 saturated carbocycles. The highest BCUT2D eigenvalue weighted by Gasteiger charge is 2.20. The third-order valence-corrected chi connectivity index (χ3v) is 5.73. The molecular weight excluding hydrogens is 387 g/mol. The minimum absolute atomic E-state index is 0.125. The number of carbonyl (C=O) groups excluding carboxylic acids is 2. The van der Waals surface area contributed by atoms with Gasteiger partial charge in [-0.3, -0.25) is 9.59 Å². The number of anilines is 2. The first-order valence-corrected chi connectivity index (χ1v) is 10.8. The Hall–Kier alpha value is -2.34. The molecule has 1 unspecified atom stereocenters. The molecule has 0 aliphatic carbocycles. The summed E-state index contributed by atoms with van der Waals surface area (Å²) in [5.41, 5.74) is 3.62. The van der Waals surface area contributed by atoms with Gasteiger partial charge in [0, 0.05) is 11.4 Å². The molecule has 0 fully saturated rings. The molecule has 2 rings (SSSR count).